The van der Waals surface area contributed by atoms with E-state index in [1.165, 1.54) is 0 Å². The predicted molar refractivity (Wildman–Crippen MR) is 132 cm³/mol. The largest absolute Gasteiger partial charge is 0.354 e. The van der Waals surface area contributed by atoms with Crippen molar-refractivity contribution in [2.45, 2.75) is 63.2 Å². The normalized spacial score (nSPS) is 19.6. The van der Waals surface area contributed by atoms with Gasteiger partial charge in [-0.2, -0.15) is 0 Å². The first-order chi connectivity index (χ1) is 15.8. The lowest BCUT2D eigenvalue weighted by molar-refractivity contribution is -0.143. The fourth-order valence-corrected chi connectivity index (χ4v) is 4.09. The van der Waals surface area contributed by atoms with Crippen LogP contribution in [-0.4, -0.2) is 72.3 Å². The molecule has 3 amide bonds. The smallest absolute Gasteiger partial charge is 0.246 e. The molecule has 1 saturated heterocycles. The molecule has 180 valence electrons. The van der Waals surface area contributed by atoms with Crippen LogP contribution >= 0.6 is 0 Å². The zero-order valence-electron chi connectivity index (χ0n) is 20.1. The molecule has 4 atom stereocenters. The van der Waals surface area contributed by atoms with Crippen LogP contribution in [0.4, 0.5) is 0 Å². The molecule has 1 fully saturated rings. The van der Waals surface area contributed by atoms with Gasteiger partial charge in [0.1, 0.15) is 12.1 Å². The third kappa shape index (κ3) is 7.29. The maximum Gasteiger partial charge on any atom is 0.246 e. The molecule has 1 heterocycles. The van der Waals surface area contributed by atoms with Crippen LogP contribution in [0, 0.1) is 0 Å². The molecule has 2 rings (SSSR count). The minimum absolute atomic E-state index is 0.115. The minimum Gasteiger partial charge on any atom is -0.354 e. The Labute approximate surface area is 197 Å². The highest BCUT2D eigenvalue weighted by Crippen LogP contribution is 2.28. The Morgan fingerprint density at radius 3 is 2.45 bits per heavy atom. The van der Waals surface area contributed by atoms with Gasteiger partial charge in [0.15, 0.2) is 0 Å². The highest BCUT2D eigenvalue weighted by atomic mass is 16.2. The maximum atomic E-state index is 13.6. The van der Waals surface area contributed by atoms with E-state index in [2.05, 4.69) is 23.8 Å². The average molecular weight is 455 g/mol. The van der Waals surface area contributed by atoms with Gasteiger partial charge in [0.2, 0.25) is 17.7 Å². The summed E-state index contributed by atoms with van der Waals surface area (Å²) >= 11 is 0. The molecule has 1 aromatic carbocycles. The van der Waals surface area contributed by atoms with Crippen LogP contribution in [0.25, 0.3) is 0 Å². The van der Waals surface area contributed by atoms with Crippen molar-refractivity contribution in [3.05, 3.63) is 61.2 Å². The summed E-state index contributed by atoms with van der Waals surface area (Å²) in [6.45, 7) is 9.84. The molecular weight excluding hydrogens is 416 g/mol. The van der Waals surface area contributed by atoms with Gasteiger partial charge in [0, 0.05) is 12.6 Å². The van der Waals surface area contributed by atoms with Crippen LogP contribution in [0.5, 0.6) is 0 Å². The molecule has 0 saturated carbocycles. The first-order valence-corrected chi connectivity index (χ1v) is 11.6. The fraction of sp³-hybridized carbons (Fsp3) is 0.500. The Bertz CT molecular complexity index is 824. The standard InChI is InChI=1S/C26H38N4O3/c1-6-11-21-15-16-23(25(32)27-18-17-20-13-9-8-10-14-20)30(21)26(33)22(12-7-2)28-24(31)19(3)29(4)5/h6-10,13-14,19,21-23H,1-2,11-12,15-18H2,3-5H3,(H,27,32)(H,28,31)/t19-,21-,22-,23-/m0/s1. The van der Waals surface area contributed by atoms with E-state index in [0.717, 1.165) is 18.4 Å². The van der Waals surface area contributed by atoms with Crippen molar-refractivity contribution in [1.29, 1.82) is 0 Å². The topological polar surface area (TPSA) is 81.8 Å². The number of amides is 3. The number of nitrogens with one attached hydrogen (secondary N) is 2. The van der Waals surface area contributed by atoms with Crippen LogP contribution < -0.4 is 10.6 Å². The summed E-state index contributed by atoms with van der Waals surface area (Å²) in [6, 6.07) is 8.13. The molecule has 0 radical (unpaired) electrons. The molecule has 2 N–H and O–H groups in total. The zero-order chi connectivity index (χ0) is 24.4. The molecule has 33 heavy (non-hydrogen) atoms. The average Bonchev–Trinajstić information content (AvgIpc) is 3.22. The van der Waals surface area contributed by atoms with Crippen LogP contribution in [0.2, 0.25) is 0 Å². The number of rotatable bonds is 12. The summed E-state index contributed by atoms with van der Waals surface area (Å²) in [5.41, 5.74) is 1.14. The van der Waals surface area contributed by atoms with Gasteiger partial charge in [0.05, 0.1) is 6.04 Å². The molecule has 0 aromatic heterocycles. The molecule has 7 heteroatoms. The third-order valence-electron chi connectivity index (χ3n) is 6.23. The quantitative estimate of drug-likeness (QED) is 0.475. The summed E-state index contributed by atoms with van der Waals surface area (Å²) in [4.78, 5) is 42.7. The van der Waals surface area contributed by atoms with E-state index in [1.54, 1.807) is 28.9 Å². The van der Waals surface area contributed by atoms with Crippen molar-refractivity contribution < 1.29 is 14.4 Å². The van der Waals surface area contributed by atoms with Gasteiger partial charge in [0.25, 0.3) is 0 Å². The lowest BCUT2D eigenvalue weighted by atomic mass is 10.1. The van der Waals surface area contributed by atoms with Crippen molar-refractivity contribution in [3.8, 4) is 0 Å². The molecule has 1 aliphatic heterocycles. The molecule has 0 unspecified atom stereocenters. The number of carbonyl (C=O) groups is 3. The summed E-state index contributed by atoms with van der Waals surface area (Å²) in [5, 5.41) is 5.85. The number of likely N-dealkylation sites (N-methyl/N-ethyl adjacent to an activating group) is 1. The second kappa shape index (κ2) is 12.9. The molecule has 0 bridgehead atoms. The van der Waals surface area contributed by atoms with E-state index in [-0.39, 0.29) is 29.8 Å². The van der Waals surface area contributed by atoms with E-state index in [0.29, 0.717) is 25.8 Å². The Balaban J connectivity index is 2.12. The van der Waals surface area contributed by atoms with E-state index in [4.69, 9.17) is 0 Å². The molecular formula is C26H38N4O3. The number of carbonyl (C=O) groups excluding carboxylic acids is 3. The van der Waals surface area contributed by atoms with E-state index >= 15 is 0 Å². The lowest BCUT2D eigenvalue weighted by Crippen LogP contribution is -2.57. The number of hydrogen-bond acceptors (Lipinski definition) is 4. The lowest BCUT2D eigenvalue weighted by Gasteiger charge is -2.33. The zero-order valence-corrected chi connectivity index (χ0v) is 20.1. The van der Waals surface area contributed by atoms with Crippen molar-refractivity contribution in [2.75, 3.05) is 20.6 Å². The third-order valence-corrected chi connectivity index (χ3v) is 6.23. The molecule has 0 spiro atoms. The summed E-state index contributed by atoms with van der Waals surface area (Å²) in [6.07, 6.45) is 6.32. The van der Waals surface area contributed by atoms with Crippen LogP contribution in [0.15, 0.2) is 55.6 Å². The molecule has 1 aromatic rings. The minimum atomic E-state index is -0.762. The van der Waals surface area contributed by atoms with Crippen molar-refractivity contribution in [3.63, 3.8) is 0 Å². The molecule has 0 aliphatic carbocycles. The summed E-state index contributed by atoms with van der Waals surface area (Å²) in [5.74, 6) is -0.638. The summed E-state index contributed by atoms with van der Waals surface area (Å²) < 4.78 is 0. The van der Waals surface area contributed by atoms with Gasteiger partial charge in [-0.3, -0.25) is 19.3 Å². The van der Waals surface area contributed by atoms with Gasteiger partial charge in [-0.25, -0.2) is 0 Å². The number of likely N-dealkylation sites (tertiary alicyclic amines) is 1. The SMILES string of the molecule is C=CC[C@H]1CC[C@@H](C(=O)NCCc2ccccc2)N1C(=O)[C@H](CC=C)NC(=O)[C@H](C)N(C)C. The van der Waals surface area contributed by atoms with Gasteiger partial charge in [-0.15, -0.1) is 13.2 Å². The van der Waals surface area contributed by atoms with Crippen molar-refractivity contribution in [2.24, 2.45) is 0 Å². The number of benzene rings is 1. The highest BCUT2D eigenvalue weighted by molar-refractivity contribution is 5.93. The Morgan fingerprint density at radius 1 is 1.15 bits per heavy atom. The first kappa shape index (κ1) is 26.3. The van der Waals surface area contributed by atoms with Crippen LogP contribution in [0.3, 0.4) is 0 Å². The van der Waals surface area contributed by atoms with Crippen LogP contribution in [0.1, 0.15) is 38.2 Å². The Kier molecular flexibility index (Phi) is 10.3. The van der Waals surface area contributed by atoms with Crippen molar-refractivity contribution in [1.82, 2.24) is 20.4 Å². The number of hydrogen-bond donors (Lipinski definition) is 2. The van der Waals surface area contributed by atoms with Gasteiger partial charge in [-0.1, -0.05) is 42.5 Å². The number of nitrogens with zero attached hydrogens (tertiary/aromatic N) is 2. The predicted octanol–water partition coefficient (Wildman–Crippen LogP) is 2.29. The van der Waals surface area contributed by atoms with E-state index in [1.807, 2.05) is 44.4 Å². The maximum absolute atomic E-state index is 13.6. The molecule has 7 nitrogen and oxygen atoms in total. The Morgan fingerprint density at radius 2 is 1.85 bits per heavy atom. The second-order valence-electron chi connectivity index (χ2n) is 8.77. The van der Waals surface area contributed by atoms with Gasteiger partial charge < -0.3 is 15.5 Å². The molecule has 1 aliphatic rings. The Hall–Kier alpha value is -2.93. The van der Waals surface area contributed by atoms with Crippen molar-refractivity contribution >= 4 is 17.7 Å². The van der Waals surface area contributed by atoms with E-state index in [9.17, 15) is 14.4 Å². The van der Waals surface area contributed by atoms with Crippen LogP contribution in [-0.2, 0) is 20.8 Å². The summed E-state index contributed by atoms with van der Waals surface area (Å²) in [7, 11) is 3.62. The second-order valence-corrected chi connectivity index (χ2v) is 8.77. The fourth-order valence-electron chi connectivity index (χ4n) is 4.09. The highest BCUT2D eigenvalue weighted by Gasteiger charge is 2.42. The van der Waals surface area contributed by atoms with Gasteiger partial charge in [-0.05, 0) is 58.7 Å². The van der Waals surface area contributed by atoms with Gasteiger partial charge >= 0.3 is 0 Å². The first-order valence-electron chi connectivity index (χ1n) is 11.6. The monoisotopic (exact) mass is 454 g/mol. The van der Waals surface area contributed by atoms with E-state index < -0.39 is 12.1 Å².